The Morgan fingerprint density at radius 2 is 1.20 bits per heavy atom. The van der Waals surface area contributed by atoms with E-state index in [1.165, 1.54) is 55.9 Å². The molecule has 2 nitrogen and oxygen atoms in total. The Morgan fingerprint density at radius 1 is 0.700 bits per heavy atom. The van der Waals surface area contributed by atoms with Gasteiger partial charge in [0.25, 0.3) is 0 Å². The third-order valence-corrected chi connectivity index (χ3v) is 5.92. The average Bonchev–Trinajstić information content (AvgIpc) is 2.79. The topological polar surface area (TPSA) is 6.25 Å². The van der Waals surface area contributed by atoms with Gasteiger partial charge in [0, 0.05) is 11.1 Å². The van der Waals surface area contributed by atoms with E-state index >= 15 is 0 Å². The quantitative estimate of drug-likeness (QED) is 0.528. The standard InChI is InChI=1S/C27H31N2.BrH/c1-18-11-20(3)26(21(4)12-18)28-15-24-9-7-8-10-25(24)16-29(17-28)27-22(5)13-19(2)14-23(27)6;/h7-14,17H,15-16H2,1-6H3;1H/q+1;/p-1. The van der Waals surface area contributed by atoms with Crippen molar-refractivity contribution in [3.63, 3.8) is 0 Å². The summed E-state index contributed by atoms with van der Waals surface area (Å²) in [4.78, 5) is 2.44. The van der Waals surface area contributed by atoms with E-state index in [0.717, 1.165) is 13.1 Å². The summed E-state index contributed by atoms with van der Waals surface area (Å²) >= 11 is 0. The fourth-order valence-electron chi connectivity index (χ4n) is 5.01. The number of aryl methyl sites for hydroxylation is 6. The summed E-state index contributed by atoms with van der Waals surface area (Å²) in [7, 11) is 0. The minimum Gasteiger partial charge on any atom is -1.00 e. The Balaban J connectivity index is 0.00000256. The highest BCUT2D eigenvalue weighted by atomic mass is 79.9. The Hall–Kier alpha value is -2.39. The molecule has 4 rings (SSSR count). The summed E-state index contributed by atoms with van der Waals surface area (Å²) in [6, 6.07) is 18.0. The molecule has 30 heavy (non-hydrogen) atoms. The molecule has 3 aromatic carbocycles. The van der Waals surface area contributed by atoms with Crippen molar-refractivity contribution in [2.45, 2.75) is 54.6 Å². The molecule has 0 atom stereocenters. The molecule has 0 fully saturated rings. The lowest BCUT2D eigenvalue weighted by Gasteiger charge is -2.19. The van der Waals surface area contributed by atoms with Crippen molar-refractivity contribution < 1.29 is 21.6 Å². The van der Waals surface area contributed by atoms with E-state index in [9.17, 15) is 0 Å². The number of anilines is 1. The maximum absolute atomic E-state index is 2.44. The van der Waals surface area contributed by atoms with Crippen LogP contribution in [0, 0.1) is 41.5 Å². The summed E-state index contributed by atoms with van der Waals surface area (Å²) < 4.78 is 2.44. The largest absolute Gasteiger partial charge is 1.00 e. The number of hydrogen-bond donors (Lipinski definition) is 0. The van der Waals surface area contributed by atoms with Crippen LogP contribution in [0.3, 0.4) is 0 Å². The molecule has 1 aliphatic heterocycles. The first kappa shape index (κ1) is 22.3. The van der Waals surface area contributed by atoms with E-state index in [4.69, 9.17) is 0 Å². The number of rotatable bonds is 2. The van der Waals surface area contributed by atoms with E-state index in [1.807, 2.05) is 0 Å². The molecule has 0 spiro atoms. The van der Waals surface area contributed by atoms with E-state index in [-0.39, 0.29) is 17.0 Å². The zero-order chi connectivity index (χ0) is 20.7. The Kier molecular flexibility index (Phi) is 6.52. The Labute approximate surface area is 191 Å². The maximum atomic E-state index is 2.44. The second kappa shape index (κ2) is 8.77. The van der Waals surface area contributed by atoms with Gasteiger partial charge in [-0.1, -0.05) is 59.7 Å². The van der Waals surface area contributed by atoms with Gasteiger partial charge in [-0.25, -0.2) is 9.48 Å². The lowest BCUT2D eigenvalue weighted by Crippen LogP contribution is -3.00. The summed E-state index contributed by atoms with van der Waals surface area (Å²) in [5.74, 6) is 0. The molecule has 0 radical (unpaired) electrons. The lowest BCUT2D eigenvalue weighted by molar-refractivity contribution is -0.454. The number of hydrogen-bond acceptors (Lipinski definition) is 1. The van der Waals surface area contributed by atoms with Gasteiger partial charge >= 0.3 is 0 Å². The molecule has 3 aromatic rings. The van der Waals surface area contributed by atoms with Crippen molar-refractivity contribution >= 4 is 17.7 Å². The normalized spacial score (nSPS) is 13.3. The number of nitrogens with zero attached hydrogens (tertiary/aromatic N) is 2. The third kappa shape index (κ3) is 4.22. The van der Waals surface area contributed by atoms with Gasteiger partial charge in [-0.15, -0.1) is 0 Å². The van der Waals surface area contributed by atoms with Crippen LogP contribution in [0.2, 0.25) is 0 Å². The predicted octanol–water partition coefficient (Wildman–Crippen LogP) is 3.43. The zero-order valence-corrected chi connectivity index (χ0v) is 20.5. The van der Waals surface area contributed by atoms with Crippen LogP contribution >= 0.6 is 0 Å². The molecule has 3 heteroatoms. The minimum absolute atomic E-state index is 0. The van der Waals surface area contributed by atoms with Crippen LogP contribution in [-0.4, -0.2) is 10.9 Å². The van der Waals surface area contributed by atoms with Crippen molar-refractivity contribution in [3.05, 3.63) is 93.0 Å². The SMILES string of the molecule is Cc1cc(C)c(N2C=[N+](c3c(C)cc(C)cc3C)Cc3ccccc3C2)c(C)c1.[Br-]. The van der Waals surface area contributed by atoms with Crippen LogP contribution in [0.25, 0.3) is 0 Å². The first-order valence-corrected chi connectivity index (χ1v) is 10.4. The van der Waals surface area contributed by atoms with E-state index in [2.05, 4.69) is 106 Å². The molecule has 1 aliphatic rings. The van der Waals surface area contributed by atoms with Crippen molar-refractivity contribution in [2.75, 3.05) is 4.90 Å². The van der Waals surface area contributed by atoms with Crippen LogP contribution in [0.1, 0.15) is 44.5 Å². The highest BCUT2D eigenvalue weighted by Crippen LogP contribution is 2.32. The fourth-order valence-corrected chi connectivity index (χ4v) is 5.01. The molecule has 0 amide bonds. The molecule has 0 unspecified atom stereocenters. The summed E-state index contributed by atoms with van der Waals surface area (Å²) in [6.07, 6.45) is 2.33. The second-order valence-electron chi connectivity index (χ2n) is 8.63. The number of benzene rings is 3. The molecular weight excluding hydrogens is 432 g/mol. The van der Waals surface area contributed by atoms with Crippen LogP contribution in [0.4, 0.5) is 11.4 Å². The molecule has 0 N–H and O–H groups in total. The van der Waals surface area contributed by atoms with Crippen molar-refractivity contribution in [1.82, 2.24) is 0 Å². The summed E-state index contributed by atoms with van der Waals surface area (Å²) in [6.45, 7) is 15.1. The van der Waals surface area contributed by atoms with Gasteiger partial charge in [0.05, 0.1) is 0 Å². The first-order chi connectivity index (χ1) is 13.8. The molecule has 0 bridgehead atoms. The zero-order valence-electron chi connectivity index (χ0n) is 18.9. The van der Waals surface area contributed by atoms with Crippen molar-refractivity contribution in [1.29, 1.82) is 0 Å². The van der Waals surface area contributed by atoms with Crippen molar-refractivity contribution in [2.24, 2.45) is 0 Å². The molecule has 0 saturated heterocycles. The monoisotopic (exact) mass is 462 g/mol. The highest BCUT2D eigenvalue weighted by molar-refractivity contribution is 5.81. The van der Waals surface area contributed by atoms with Gasteiger partial charge in [-0.2, -0.15) is 0 Å². The van der Waals surface area contributed by atoms with Crippen LogP contribution in [0.5, 0.6) is 0 Å². The van der Waals surface area contributed by atoms with Gasteiger partial charge < -0.3 is 17.0 Å². The molecule has 0 aliphatic carbocycles. The maximum Gasteiger partial charge on any atom is 0.245 e. The first-order valence-electron chi connectivity index (χ1n) is 10.4. The molecule has 0 aromatic heterocycles. The fraction of sp³-hybridized carbons (Fsp3) is 0.296. The third-order valence-electron chi connectivity index (χ3n) is 5.92. The van der Waals surface area contributed by atoms with E-state index < -0.39 is 0 Å². The summed E-state index contributed by atoms with van der Waals surface area (Å²) in [5.41, 5.74) is 13.4. The Morgan fingerprint density at radius 3 is 1.77 bits per heavy atom. The minimum atomic E-state index is 0. The number of fused-ring (bicyclic) bond motifs is 1. The Bertz CT molecular complexity index is 1080. The van der Waals surface area contributed by atoms with Crippen molar-refractivity contribution in [3.8, 4) is 0 Å². The van der Waals surface area contributed by atoms with Gasteiger partial charge in [0.2, 0.25) is 6.34 Å². The van der Waals surface area contributed by atoms with Crippen LogP contribution < -0.4 is 21.9 Å². The van der Waals surface area contributed by atoms with Gasteiger partial charge in [0.15, 0.2) is 0 Å². The molecule has 1 heterocycles. The average molecular weight is 463 g/mol. The predicted molar refractivity (Wildman–Crippen MR) is 124 cm³/mol. The van der Waals surface area contributed by atoms with Gasteiger partial charge in [-0.3, -0.25) is 0 Å². The van der Waals surface area contributed by atoms with E-state index in [1.54, 1.807) is 0 Å². The van der Waals surface area contributed by atoms with E-state index in [0.29, 0.717) is 0 Å². The number of halogens is 1. The van der Waals surface area contributed by atoms with Gasteiger partial charge in [-0.05, 0) is 63.8 Å². The van der Waals surface area contributed by atoms with Crippen LogP contribution in [-0.2, 0) is 13.1 Å². The smallest absolute Gasteiger partial charge is 0.245 e. The second-order valence-corrected chi connectivity index (χ2v) is 8.63. The highest BCUT2D eigenvalue weighted by Gasteiger charge is 2.26. The molecule has 0 saturated carbocycles. The van der Waals surface area contributed by atoms with Crippen LogP contribution in [0.15, 0.2) is 48.5 Å². The molecule has 156 valence electrons. The lowest BCUT2D eigenvalue weighted by atomic mass is 10.0. The van der Waals surface area contributed by atoms with Gasteiger partial charge in [0.1, 0.15) is 24.5 Å². The molecular formula is C27H31BrN2. The summed E-state index contributed by atoms with van der Waals surface area (Å²) in [5, 5.41) is 0.